The topological polar surface area (TPSA) is 24.9 Å². The number of hydrogen-bond donors (Lipinski definition) is 1. The van der Waals surface area contributed by atoms with Gasteiger partial charge < -0.3 is 5.32 Å². The fourth-order valence-electron chi connectivity index (χ4n) is 2.35. The monoisotopic (exact) mass is 272 g/mol. The molecule has 100 valence electrons. The van der Waals surface area contributed by atoms with Gasteiger partial charge in [-0.2, -0.15) is 0 Å². The van der Waals surface area contributed by atoms with E-state index >= 15 is 0 Å². The summed E-state index contributed by atoms with van der Waals surface area (Å²) in [6, 6.07) is 0.910. The van der Waals surface area contributed by atoms with Crippen LogP contribution in [0.2, 0.25) is 0 Å². The van der Waals surface area contributed by atoms with Crippen molar-refractivity contribution in [1.82, 2.24) is 4.98 Å². The average molecular weight is 272 g/mol. The Balaban J connectivity index is 2.13. The highest BCUT2D eigenvalue weighted by molar-refractivity contribution is 7.99. The van der Waals surface area contributed by atoms with Gasteiger partial charge in [0.2, 0.25) is 0 Å². The van der Waals surface area contributed by atoms with Gasteiger partial charge in [-0.1, -0.05) is 31.5 Å². The van der Waals surface area contributed by atoms with Gasteiger partial charge in [0, 0.05) is 18.4 Å². The number of rotatable bonds is 3. The van der Waals surface area contributed by atoms with E-state index in [1.165, 1.54) is 24.6 Å². The van der Waals surface area contributed by atoms with Crippen LogP contribution in [0.4, 0.5) is 14.6 Å². The van der Waals surface area contributed by atoms with Crippen molar-refractivity contribution in [2.24, 2.45) is 5.92 Å². The maximum Gasteiger partial charge on any atom is 0.168 e. The molecule has 18 heavy (non-hydrogen) atoms. The Labute approximate surface area is 111 Å². The number of halogens is 2. The van der Waals surface area contributed by atoms with Crippen molar-refractivity contribution in [3.63, 3.8) is 0 Å². The van der Waals surface area contributed by atoms with Gasteiger partial charge >= 0.3 is 0 Å². The first kappa shape index (κ1) is 13.6. The van der Waals surface area contributed by atoms with Gasteiger partial charge in [0.25, 0.3) is 0 Å². The normalized spacial score (nSPS) is 24.0. The molecule has 0 saturated heterocycles. The summed E-state index contributed by atoms with van der Waals surface area (Å²) < 4.78 is 27.0. The molecule has 5 heteroatoms. The second-order valence-corrected chi connectivity index (χ2v) is 6.16. The Kier molecular flexibility index (Phi) is 4.43. The summed E-state index contributed by atoms with van der Waals surface area (Å²) in [4.78, 5) is 4.01. The molecule has 1 aromatic rings. The quantitative estimate of drug-likeness (QED) is 0.897. The van der Waals surface area contributed by atoms with E-state index in [0.717, 1.165) is 18.9 Å². The van der Waals surface area contributed by atoms with E-state index in [4.69, 9.17) is 0 Å². The summed E-state index contributed by atoms with van der Waals surface area (Å²) in [7, 11) is 1.58. The second kappa shape index (κ2) is 5.87. The van der Waals surface area contributed by atoms with Crippen LogP contribution in [0.5, 0.6) is 0 Å². The van der Waals surface area contributed by atoms with Gasteiger partial charge in [-0.3, -0.25) is 0 Å². The number of nitrogens with zero attached hydrogens (tertiary/aromatic N) is 1. The van der Waals surface area contributed by atoms with Crippen molar-refractivity contribution >= 4 is 17.6 Å². The van der Waals surface area contributed by atoms with Gasteiger partial charge in [0.15, 0.2) is 17.5 Å². The van der Waals surface area contributed by atoms with E-state index in [1.807, 2.05) is 0 Å². The van der Waals surface area contributed by atoms with Crippen molar-refractivity contribution < 1.29 is 8.78 Å². The first-order valence-corrected chi connectivity index (χ1v) is 7.18. The highest BCUT2D eigenvalue weighted by atomic mass is 32.2. The minimum absolute atomic E-state index is 0.114. The highest BCUT2D eigenvalue weighted by Crippen LogP contribution is 2.36. The molecule has 1 N–H and O–H groups in total. The molecule has 0 aliphatic heterocycles. The molecule has 0 spiro atoms. The molecular weight excluding hydrogens is 254 g/mol. The van der Waals surface area contributed by atoms with Crippen molar-refractivity contribution in [2.75, 3.05) is 12.4 Å². The van der Waals surface area contributed by atoms with Crippen LogP contribution >= 0.6 is 11.8 Å². The SMILES string of the molecule is CNc1nc(SC2CCCC(C)C2)c(F)cc1F. The Morgan fingerprint density at radius 3 is 2.78 bits per heavy atom. The van der Waals surface area contributed by atoms with Crippen molar-refractivity contribution in [3.05, 3.63) is 17.7 Å². The van der Waals surface area contributed by atoms with Crippen molar-refractivity contribution in [1.29, 1.82) is 0 Å². The number of anilines is 1. The van der Waals surface area contributed by atoms with E-state index in [9.17, 15) is 8.78 Å². The van der Waals surface area contributed by atoms with Crippen LogP contribution in [0.1, 0.15) is 32.6 Å². The lowest BCUT2D eigenvalue weighted by Gasteiger charge is -2.25. The van der Waals surface area contributed by atoms with E-state index < -0.39 is 11.6 Å². The first-order valence-electron chi connectivity index (χ1n) is 6.30. The number of aromatic nitrogens is 1. The molecule has 1 heterocycles. The van der Waals surface area contributed by atoms with Crippen LogP contribution in [-0.4, -0.2) is 17.3 Å². The Morgan fingerprint density at radius 2 is 2.11 bits per heavy atom. The Morgan fingerprint density at radius 1 is 1.33 bits per heavy atom. The molecule has 1 aliphatic rings. The predicted octanol–water partition coefficient (Wildman–Crippen LogP) is 4.07. The maximum atomic E-state index is 13.7. The Hall–Kier alpha value is -0.840. The highest BCUT2D eigenvalue weighted by Gasteiger charge is 2.22. The van der Waals surface area contributed by atoms with Gasteiger partial charge in [-0.25, -0.2) is 13.8 Å². The zero-order valence-electron chi connectivity index (χ0n) is 10.7. The van der Waals surface area contributed by atoms with Crippen molar-refractivity contribution in [2.45, 2.75) is 42.9 Å². The fraction of sp³-hybridized carbons (Fsp3) is 0.615. The molecule has 0 radical (unpaired) electrons. The zero-order chi connectivity index (χ0) is 13.1. The molecule has 1 aliphatic carbocycles. The Bertz CT molecular complexity index is 426. The maximum absolute atomic E-state index is 13.7. The number of thioether (sulfide) groups is 1. The van der Waals surface area contributed by atoms with Crippen LogP contribution in [0.25, 0.3) is 0 Å². The zero-order valence-corrected chi connectivity index (χ0v) is 11.5. The largest absolute Gasteiger partial charge is 0.371 e. The summed E-state index contributed by atoms with van der Waals surface area (Å²) in [6.07, 6.45) is 4.60. The third kappa shape index (κ3) is 3.13. The lowest BCUT2D eigenvalue weighted by atomic mass is 9.91. The minimum Gasteiger partial charge on any atom is -0.371 e. The van der Waals surface area contributed by atoms with E-state index in [1.54, 1.807) is 7.05 Å². The molecule has 1 fully saturated rings. The summed E-state index contributed by atoms with van der Waals surface area (Å²) in [5.41, 5.74) is 0. The molecule has 0 aromatic carbocycles. The number of nitrogens with one attached hydrogen (secondary N) is 1. The number of hydrogen-bond acceptors (Lipinski definition) is 3. The van der Waals surface area contributed by atoms with Crippen LogP contribution in [0, 0.1) is 17.6 Å². The van der Waals surface area contributed by atoms with Gasteiger partial charge in [-0.05, 0) is 18.8 Å². The van der Waals surface area contributed by atoms with Crippen LogP contribution < -0.4 is 5.32 Å². The van der Waals surface area contributed by atoms with E-state index in [-0.39, 0.29) is 5.82 Å². The minimum atomic E-state index is -0.642. The standard InChI is InChI=1S/C13H18F2N2S/c1-8-4-3-5-9(6-8)18-13-11(15)7-10(14)12(16-2)17-13/h7-9H,3-6H2,1-2H3,(H,16,17). The molecular formula is C13H18F2N2S. The first-order chi connectivity index (χ1) is 8.60. The summed E-state index contributed by atoms with van der Waals surface area (Å²) >= 11 is 1.44. The molecule has 2 nitrogen and oxygen atoms in total. The van der Waals surface area contributed by atoms with Crippen LogP contribution in [0.3, 0.4) is 0 Å². The van der Waals surface area contributed by atoms with Crippen LogP contribution in [0.15, 0.2) is 11.1 Å². The lowest BCUT2D eigenvalue weighted by molar-refractivity contribution is 0.393. The molecule has 0 amide bonds. The third-order valence-corrected chi connectivity index (χ3v) is 4.57. The van der Waals surface area contributed by atoms with E-state index in [0.29, 0.717) is 16.2 Å². The summed E-state index contributed by atoms with van der Waals surface area (Å²) in [5.74, 6) is -0.405. The molecule has 1 aromatic heterocycles. The lowest BCUT2D eigenvalue weighted by Crippen LogP contribution is -2.15. The second-order valence-electron chi connectivity index (χ2n) is 4.87. The smallest absolute Gasteiger partial charge is 0.168 e. The van der Waals surface area contributed by atoms with Crippen LogP contribution in [-0.2, 0) is 0 Å². The summed E-state index contributed by atoms with van der Waals surface area (Å²) in [6.45, 7) is 2.22. The third-order valence-electron chi connectivity index (χ3n) is 3.30. The van der Waals surface area contributed by atoms with Gasteiger partial charge in [-0.15, -0.1) is 0 Å². The average Bonchev–Trinajstić information content (AvgIpc) is 2.33. The van der Waals surface area contributed by atoms with Gasteiger partial charge in [0.1, 0.15) is 5.03 Å². The van der Waals surface area contributed by atoms with Crippen molar-refractivity contribution in [3.8, 4) is 0 Å². The molecule has 2 atom stereocenters. The van der Waals surface area contributed by atoms with E-state index in [2.05, 4.69) is 17.2 Å². The predicted molar refractivity (Wildman–Crippen MR) is 71.0 cm³/mol. The molecule has 0 bridgehead atoms. The molecule has 1 saturated carbocycles. The van der Waals surface area contributed by atoms with Gasteiger partial charge in [0.05, 0.1) is 0 Å². The molecule has 2 unspecified atom stereocenters. The molecule has 2 rings (SSSR count). The number of pyridine rings is 1. The summed E-state index contributed by atoms with van der Waals surface area (Å²) in [5, 5.41) is 3.34. The fourth-order valence-corrected chi connectivity index (χ4v) is 3.69.